The van der Waals surface area contributed by atoms with E-state index in [9.17, 15) is 9.59 Å². The van der Waals surface area contributed by atoms with Gasteiger partial charge < -0.3 is 11.1 Å². The van der Waals surface area contributed by atoms with Gasteiger partial charge in [-0.05, 0) is 36.5 Å². The predicted molar refractivity (Wildman–Crippen MR) is 79.5 cm³/mol. The van der Waals surface area contributed by atoms with Gasteiger partial charge in [-0.25, -0.2) is 4.79 Å². The molecule has 1 aliphatic heterocycles. The standard InChI is InChI=1S/C15H20N4O2/c16-13-3-1-2-10-8-19(7-6-12(10)13)9-14(20)18-15(21)17-11-4-5-11/h1-3,11H,4-9,16H2,(H2,17,18,20,21). The van der Waals surface area contributed by atoms with E-state index in [1.807, 2.05) is 23.1 Å². The molecule has 2 aliphatic rings. The maximum atomic E-state index is 11.9. The molecule has 0 aromatic heterocycles. The molecule has 1 aliphatic carbocycles. The van der Waals surface area contributed by atoms with Crippen LogP contribution in [0.3, 0.4) is 0 Å². The van der Waals surface area contributed by atoms with Crippen molar-refractivity contribution in [3.05, 3.63) is 29.3 Å². The first-order chi connectivity index (χ1) is 10.1. The van der Waals surface area contributed by atoms with E-state index in [4.69, 9.17) is 5.73 Å². The Morgan fingerprint density at radius 2 is 2.14 bits per heavy atom. The SMILES string of the molecule is Nc1cccc2c1CCN(CC(=O)NC(=O)NC1CC1)C2. The minimum atomic E-state index is -0.385. The van der Waals surface area contributed by atoms with E-state index in [0.29, 0.717) is 6.54 Å². The summed E-state index contributed by atoms with van der Waals surface area (Å²) in [5.74, 6) is -0.263. The zero-order chi connectivity index (χ0) is 14.8. The molecular formula is C15H20N4O2. The minimum absolute atomic E-state index is 0.228. The molecule has 21 heavy (non-hydrogen) atoms. The van der Waals surface area contributed by atoms with Gasteiger partial charge in [0.25, 0.3) is 0 Å². The zero-order valence-electron chi connectivity index (χ0n) is 11.9. The number of nitrogens with zero attached hydrogens (tertiary/aromatic N) is 1. The second-order valence-electron chi connectivity index (χ2n) is 5.74. The average molecular weight is 288 g/mol. The number of anilines is 1. The van der Waals surface area contributed by atoms with Gasteiger partial charge in [0, 0.05) is 24.8 Å². The number of carbonyl (C=O) groups is 2. The first-order valence-electron chi connectivity index (χ1n) is 7.31. The summed E-state index contributed by atoms with van der Waals surface area (Å²) in [6.07, 6.45) is 2.85. The Morgan fingerprint density at radius 1 is 1.33 bits per heavy atom. The van der Waals surface area contributed by atoms with E-state index in [-0.39, 0.29) is 24.5 Å². The lowest BCUT2D eigenvalue weighted by Gasteiger charge is -2.28. The highest BCUT2D eigenvalue weighted by Gasteiger charge is 2.25. The van der Waals surface area contributed by atoms with Crippen molar-refractivity contribution in [1.29, 1.82) is 0 Å². The highest BCUT2D eigenvalue weighted by Crippen LogP contribution is 2.23. The number of carbonyl (C=O) groups excluding carboxylic acids is 2. The number of urea groups is 1. The molecule has 1 saturated carbocycles. The van der Waals surface area contributed by atoms with Crippen molar-refractivity contribution in [2.24, 2.45) is 0 Å². The summed E-state index contributed by atoms with van der Waals surface area (Å²) in [5.41, 5.74) is 9.12. The summed E-state index contributed by atoms with van der Waals surface area (Å²) in [5, 5.41) is 5.12. The van der Waals surface area contributed by atoms with Crippen molar-refractivity contribution in [2.45, 2.75) is 31.8 Å². The largest absolute Gasteiger partial charge is 0.398 e. The molecule has 6 nitrogen and oxygen atoms in total. The highest BCUT2D eigenvalue weighted by molar-refractivity contribution is 5.95. The predicted octanol–water partition coefficient (Wildman–Crippen LogP) is 0.615. The van der Waals surface area contributed by atoms with E-state index in [1.54, 1.807) is 0 Å². The molecule has 0 unspecified atom stereocenters. The summed E-state index contributed by atoms with van der Waals surface area (Å²) in [6.45, 7) is 1.70. The van der Waals surface area contributed by atoms with E-state index in [2.05, 4.69) is 10.6 Å². The van der Waals surface area contributed by atoms with Crippen LogP contribution in [0.4, 0.5) is 10.5 Å². The van der Waals surface area contributed by atoms with Crippen LogP contribution in [0.1, 0.15) is 24.0 Å². The fraction of sp³-hybridized carbons (Fsp3) is 0.467. The van der Waals surface area contributed by atoms with Crippen molar-refractivity contribution >= 4 is 17.6 Å². The Balaban J connectivity index is 1.52. The number of fused-ring (bicyclic) bond motifs is 1. The third kappa shape index (κ3) is 3.52. The number of hydrogen-bond donors (Lipinski definition) is 3. The Labute approximate surface area is 123 Å². The van der Waals surface area contributed by atoms with Crippen LogP contribution in [-0.2, 0) is 17.8 Å². The number of amides is 3. The molecular weight excluding hydrogens is 268 g/mol. The molecule has 1 fully saturated rings. The van der Waals surface area contributed by atoms with Crippen LogP contribution in [-0.4, -0.2) is 36.0 Å². The first kappa shape index (κ1) is 13.9. The van der Waals surface area contributed by atoms with Gasteiger partial charge >= 0.3 is 6.03 Å². The number of benzene rings is 1. The number of imide groups is 1. The Kier molecular flexibility index (Phi) is 3.79. The first-order valence-corrected chi connectivity index (χ1v) is 7.31. The van der Waals surface area contributed by atoms with Crippen molar-refractivity contribution in [3.63, 3.8) is 0 Å². The summed E-state index contributed by atoms with van der Waals surface area (Å²) in [6, 6.07) is 5.74. The van der Waals surface area contributed by atoms with Crippen LogP contribution in [0.25, 0.3) is 0 Å². The molecule has 0 saturated heterocycles. The van der Waals surface area contributed by atoms with Gasteiger partial charge in [0.05, 0.1) is 6.54 Å². The Morgan fingerprint density at radius 3 is 2.90 bits per heavy atom. The molecule has 4 N–H and O–H groups in total. The Hall–Kier alpha value is -2.08. The monoisotopic (exact) mass is 288 g/mol. The van der Waals surface area contributed by atoms with E-state index < -0.39 is 0 Å². The van der Waals surface area contributed by atoms with Crippen LogP contribution in [0.5, 0.6) is 0 Å². The summed E-state index contributed by atoms with van der Waals surface area (Å²) in [4.78, 5) is 25.4. The topological polar surface area (TPSA) is 87.5 Å². The molecule has 1 aromatic rings. The van der Waals surface area contributed by atoms with E-state index in [0.717, 1.165) is 37.1 Å². The normalized spacial score (nSPS) is 17.9. The van der Waals surface area contributed by atoms with E-state index >= 15 is 0 Å². The molecule has 0 atom stereocenters. The quantitative estimate of drug-likeness (QED) is 0.711. The molecule has 0 spiro atoms. The molecule has 6 heteroatoms. The van der Waals surface area contributed by atoms with Crippen molar-refractivity contribution in [1.82, 2.24) is 15.5 Å². The van der Waals surface area contributed by atoms with Gasteiger partial charge in [0.15, 0.2) is 0 Å². The third-order valence-corrected chi connectivity index (χ3v) is 3.91. The smallest absolute Gasteiger partial charge is 0.321 e. The second-order valence-corrected chi connectivity index (χ2v) is 5.74. The fourth-order valence-corrected chi connectivity index (χ4v) is 2.65. The molecule has 3 amide bonds. The average Bonchev–Trinajstić information content (AvgIpc) is 3.22. The maximum Gasteiger partial charge on any atom is 0.321 e. The number of hydrogen-bond acceptors (Lipinski definition) is 4. The van der Waals surface area contributed by atoms with Crippen LogP contribution >= 0.6 is 0 Å². The molecule has 3 rings (SSSR count). The van der Waals surface area contributed by atoms with Crippen LogP contribution < -0.4 is 16.4 Å². The van der Waals surface area contributed by atoms with Gasteiger partial charge in [-0.3, -0.25) is 15.0 Å². The van der Waals surface area contributed by atoms with Crippen LogP contribution in [0, 0.1) is 0 Å². The maximum absolute atomic E-state index is 11.9. The second kappa shape index (κ2) is 5.73. The number of nitrogens with two attached hydrogens (primary N) is 1. The van der Waals surface area contributed by atoms with Gasteiger partial charge in [-0.15, -0.1) is 0 Å². The molecule has 1 heterocycles. The molecule has 112 valence electrons. The number of rotatable bonds is 3. The van der Waals surface area contributed by atoms with Crippen LogP contribution in [0.15, 0.2) is 18.2 Å². The molecule has 1 aromatic carbocycles. The van der Waals surface area contributed by atoms with Gasteiger partial charge in [0.1, 0.15) is 0 Å². The summed E-state index contributed by atoms with van der Waals surface area (Å²) < 4.78 is 0. The fourth-order valence-electron chi connectivity index (χ4n) is 2.65. The minimum Gasteiger partial charge on any atom is -0.398 e. The van der Waals surface area contributed by atoms with Gasteiger partial charge in [-0.1, -0.05) is 12.1 Å². The van der Waals surface area contributed by atoms with Crippen molar-refractivity contribution in [3.8, 4) is 0 Å². The summed E-state index contributed by atoms with van der Waals surface area (Å²) >= 11 is 0. The lowest BCUT2D eigenvalue weighted by molar-refractivity contribution is -0.121. The lowest BCUT2D eigenvalue weighted by Crippen LogP contribution is -2.46. The van der Waals surface area contributed by atoms with Crippen molar-refractivity contribution in [2.75, 3.05) is 18.8 Å². The molecule has 0 bridgehead atoms. The highest BCUT2D eigenvalue weighted by atomic mass is 16.2. The number of nitrogens with one attached hydrogen (secondary N) is 2. The third-order valence-electron chi connectivity index (χ3n) is 3.91. The molecule has 0 radical (unpaired) electrons. The zero-order valence-corrected chi connectivity index (χ0v) is 11.9. The number of nitrogen functional groups attached to an aromatic ring is 1. The summed E-state index contributed by atoms with van der Waals surface area (Å²) in [7, 11) is 0. The van der Waals surface area contributed by atoms with Crippen LogP contribution in [0.2, 0.25) is 0 Å². The van der Waals surface area contributed by atoms with Crippen molar-refractivity contribution < 1.29 is 9.59 Å². The lowest BCUT2D eigenvalue weighted by atomic mass is 9.98. The van der Waals surface area contributed by atoms with Gasteiger partial charge in [-0.2, -0.15) is 0 Å². The van der Waals surface area contributed by atoms with E-state index in [1.165, 1.54) is 5.56 Å². The van der Waals surface area contributed by atoms with Gasteiger partial charge in [0.2, 0.25) is 5.91 Å². The Bertz CT molecular complexity index is 569.